The zero-order valence-electron chi connectivity index (χ0n) is 17.1. The van der Waals surface area contributed by atoms with Gasteiger partial charge in [0.2, 0.25) is 0 Å². The monoisotopic (exact) mass is 370 g/mol. The molecule has 0 fully saturated rings. The predicted molar refractivity (Wildman–Crippen MR) is 112 cm³/mol. The van der Waals surface area contributed by atoms with Gasteiger partial charge in [0, 0.05) is 5.56 Å². The van der Waals surface area contributed by atoms with Crippen molar-refractivity contribution in [3.05, 3.63) is 71.8 Å². The third kappa shape index (κ3) is 8.98. The molecule has 3 atom stereocenters. The maximum atomic E-state index is 11.9. The fourth-order valence-corrected chi connectivity index (χ4v) is 2.89. The first-order valence-corrected chi connectivity index (χ1v) is 9.97. The molecule has 2 aromatic carbocycles. The normalized spacial score (nSPS) is 13.8. The van der Waals surface area contributed by atoms with Crippen molar-refractivity contribution in [2.45, 2.75) is 71.7 Å². The summed E-state index contributed by atoms with van der Waals surface area (Å²) in [7, 11) is 0. The Morgan fingerprint density at radius 1 is 0.852 bits per heavy atom. The lowest BCUT2D eigenvalue weighted by Gasteiger charge is -2.17. The van der Waals surface area contributed by atoms with Crippen molar-refractivity contribution in [2.75, 3.05) is 0 Å². The number of ketones is 1. The van der Waals surface area contributed by atoms with Crippen LogP contribution in [0, 0.1) is 0 Å². The third-order valence-corrected chi connectivity index (χ3v) is 4.28. The minimum Gasteiger partial charge on any atom is -0.380 e. The summed E-state index contributed by atoms with van der Waals surface area (Å²) in [4.78, 5) is 11.9. The number of aliphatic hydroxyl groups excluding tert-OH is 1. The van der Waals surface area contributed by atoms with Gasteiger partial charge in [-0.05, 0) is 32.3 Å². The Bertz CT molecular complexity index is 615. The van der Waals surface area contributed by atoms with E-state index >= 15 is 0 Å². The second-order valence-corrected chi connectivity index (χ2v) is 6.88. The van der Waals surface area contributed by atoms with Crippen LogP contribution in [0.25, 0.3) is 0 Å². The van der Waals surface area contributed by atoms with E-state index in [0.29, 0.717) is 23.3 Å². The van der Waals surface area contributed by atoms with Crippen LogP contribution in [0.1, 0.15) is 75.4 Å². The van der Waals surface area contributed by atoms with Gasteiger partial charge >= 0.3 is 0 Å². The molecule has 1 N–H and O–H groups in total. The van der Waals surface area contributed by atoms with E-state index in [-0.39, 0.29) is 5.78 Å². The number of carbonyl (C=O) groups is 1. The molecule has 27 heavy (non-hydrogen) atoms. The van der Waals surface area contributed by atoms with Crippen LogP contribution in [0.5, 0.6) is 0 Å². The summed E-state index contributed by atoms with van der Waals surface area (Å²) in [5.74, 6) is -0.271. The van der Waals surface area contributed by atoms with Gasteiger partial charge in [-0.1, -0.05) is 87.4 Å². The van der Waals surface area contributed by atoms with Crippen LogP contribution in [0.2, 0.25) is 0 Å². The average Bonchev–Trinajstić information content (AvgIpc) is 2.69. The summed E-state index contributed by atoms with van der Waals surface area (Å²) in [5, 5.41) is 9.89. The number of aliphatic hydroxyl groups is 1. The number of benzene rings is 2. The first kappa shape index (κ1) is 23.1. The van der Waals surface area contributed by atoms with Gasteiger partial charge in [0.25, 0.3) is 0 Å². The molecule has 3 heteroatoms. The second-order valence-electron chi connectivity index (χ2n) is 6.88. The number of hydrogen-bond acceptors (Lipinski definition) is 3. The fraction of sp³-hybridized carbons (Fsp3) is 0.458. The molecular formula is C24H34O3. The predicted octanol–water partition coefficient (Wildman–Crippen LogP) is 5.98. The van der Waals surface area contributed by atoms with Gasteiger partial charge in [-0.15, -0.1) is 0 Å². The number of hydrogen-bond donors (Lipinski definition) is 1. The molecular weight excluding hydrogens is 336 g/mol. The lowest BCUT2D eigenvalue weighted by atomic mass is 10.0. The third-order valence-electron chi connectivity index (χ3n) is 4.28. The highest BCUT2D eigenvalue weighted by molar-refractivity contribution is 5.99. The molecule has 0 bridgehead atoms. The quantitative estimate of drug-likeness (QED) is 0.552. The van der Waals surface area contributed by atoms with Crippen LogP contribution in [0.4, 0.5) is 0 Å². The van der Waals surface area contributed by atoms with Gasteiger partial charge in [-0.3, -0.25) is 4.79 Å². The molecule has 0 amide bonds. The van der Waals surface area contributed by atoms with E-state index in [4.69, 9.17) is 4.74 Å². The van der Waals surface area contributed by atoms with Crippen molar-refractivity contribution in [2.24, 2.45) is 0 Å². The van der Waals surface area contributed by atoms with Gasteiger partial charge in [0.1, 0.15) is 6.10 Å². The maximum Gasteiger partial charge on any atom is 0.195 e. The number of rotatable bonds is 9. The SMILES string of the molecule is CCCC(C)OC(C)CCC.O=C(c1ccccc1)C(O)c1ccccc1. The molecule has 0 radical (unpaired) electrons. The minimum atomic E-state index is -1.08. The zero-order chi connectivity index (χ0) is 20.1. The van der Waals surface area contributed by atoms with Crippen molar-refractivity contribution < 1.29 is 14.6 Å². The van der Waals surface area contributed by atoms with Crippen molar-refractivity contribution in [1.82, 2.24) is 0 Å². The lowest BCUT2D eigenvalue weighted by molar-refractivity contribution is -0.000493. The van der Waals surface area contributed by atoms with Crippen LogP contribution < -0.4 is 0 Å². The molecule has 0 aliphatic heterocycles. The average molecular weight is 371 g/mol. The zero-order valence-corrected chi connectivity index (χ0v) is 17.1. The summed E-state index contributed by atoms with van der Waals surface area (Å²) in [6.45, 7) is 8.72. The van der Waals surface area contributed by atoms with Crippen LogP contribution >= 0.6 is 0 Å². The molecule has 148 valence electrons. The summed E-state index contributed by atoms with van der Waals surface area (Å²) < 4.78 is 5.73. The Morgan fingerprint density at radius 3 is 1.74 bits per heavy atom. The van der Waals surface area contributed by atoms with Gasteiger partial charge < -0.3 is 9.84 Å². The van der Waals surface area contributed by atoms with Crippen molar-refractivity contribution in [3.8, 4) is 0 Å². The number of carbonyl (C=O) groups excluding carboxylic acids is 1. The fourth-order valence-electron chi connectivity index (χ4n) is 2.89. The van der Waals surface area contributed by atoms with E-state index in [1.165, 1.54) is 25.7 Å². The standard InChI is InChI=1S/C14H12O2.C10H22O/c15-13(11-7-3-1-4-8-11)14(16)12-9-5-2-6-10-12;1-5-7-9(3)11-10(4)8-6-2/h1-10,13,15H;9-10H,5-8H2,1-4H3. The minimum absolute atomic E-state index is 0.271. The van der Waals surface area contributed by atoms with E-state index in [0.717, 1.165) is 0 Å². The first-order valence-electron chi connectivity index (χ1n) is 9.97. The molecule has 2 aromatic rings. The summed E-state index contributed by atoms with van der Waals surface area (Å²) in [6.07, 6.45) is 4.63. The molecule has 2 rings (SSSR count). The van der Waals surface area contributed by atoms with E-state index in [9.17, 15) is 9.90 Å². The Labute approximate surface area is 164 Å². The summed E-state index contributed by atoms with van der Waals surface area (Å²) >= 11 is 0. The molecule has 0 aliphatic carbocycles. The molecule has 0 saturated heterocycles. The van der Waals surface area contributed by atoms with Crippen molar-refractivity contribution in [3.63, 3.8) is 0 Å². The lowest BCUT2D eigenvalue weighted by Crippen LogP contribution is -2.16. The smallest absolute Gasteiger partial charge is 0.195 e. The molecule has 0 spiro atoms. The van der Waals surface area contributed by atoms with E-state index in [1.54, 1.807) is 48.5 Å². The van der Waals surface area contributed by atoms with E-state index < -0.39 is 6.10 Å². The van der Waals surface area contributed by atoms with Crippen molar-refractivity contribution in [1.29, 1.82) is 0 Å². The van der Waals surface area contributed by atoms with Gasteiger partial charge in [0.15, 0.2) is 5.78 Å². The molecule has 0 aliphatic rings. The number of ether oxygens (including phenoxy) is 1. The maximum absolute atomic E-state index is 11.9. The van der Waals surface area contributed by atoms with Gasteiger partial charge in [0.05, 0.1) is 12.2 Å². The van der Waals surface area contributed by atoms with Crippen LogP contribution in [0.15, 0.2) is 60.7 Å². The van der Waals surface area contributed by atoms with Crippen LogP contribution in [-0.2, 0) is 4.74 Å². The molecule has 0 aromatic heterocycles. The second kappa shape index (κ2) is 13.2. The topological polar surface area (TPSA) is 46.5 Å². The molecule has 3 unspecified atom stereocenters. The van der Waals surface area contributed by atoms with Crippen molar-refractivity contribution >= 4 is 5.78 Å². The number of Topliss-reactive ketones (excluding diaryl/α,β-unsaturated/α-hetero) is 1. The molecule has 0 saturated carbocycles. The largest absolute Gasteiger partial charge is 0.380 e. The Morgan fingerprint density at radius 2 is 1.30 bits per heavy atom. The van der Waals surface area contributed by atoms with Gasteiger partial charge in [-0.2, -0.15) is 0 Å². The summed E-state index contributed by atoms with van der Waals surface area (Å²) in [6, 6.07) is 17.7. The van der Waals surface area contributed by atoms with E-state index in [1.807, 2.05) is 12.1 Å². The highest BCUT2D eigenvalue weighted by Crippen LogP contribution is 2.17. The Hall–Kier alpha value is -1.97. The first-order chi connectivity index (χ1) is 13.0. The van der Waals surface area contributed by atoms with Crippen LogP contribution in [-0.4, -0.2) is 23.1 Å². The summed E-state index contributed by atoms with van der Waals surface area (Å²) in [5.41, 5.74) is 1.15. The molecule has 3 nitrogen and oxygen atoms in total. The highest BCUT2D eigenvalue weighted by Gasteiger charge is 2.18. The van der Waals surface area contributed by atoms with Gasteiger partial charge in [-0.25, -0.2) is 0 Å². The highest BCUT2D eigenvalue weighted by atomic mass is 16.5. The Balaban J connectivity index is 0.000000293. The van der Waals surface area contributed by atoms with Crippen LogP contribution in [0.3, 0.4) is 0 Å². The van der Waals surface area contributed by atoms with E-state index in [2.05, 4.69) is 27.7 Å². The Kier molecular flexibility index (Phi) is 11.3. The molecule has 0 heterocycles.